The first-order chi connectivity index (χ1) is 10.7. The zero-order valence-electron chi connectivity index (χ0n) is 12.3. The summed E-state index contributed by atoms with van der Waals surface area (Å²) < 4.78 is 6.64. The lowest BCUT2D eigenvalue weighted by Gasteiger charge is -2.34. The van der Waals surface area contributed by atoms with Gasteiger partial charge in [0.15, 0.2) is 5.82 Å². The quantitative estimate of drug-likeness (QED) is 0.854. The number of rotatable bonds is 2. The van der Waals surface area contributed by atoms with Crippen LogP contribution in [0.25, 0.3) is 15.8 Å². The van der Waals surface area contributed by atoms with Crippen molar-refractivity contribution in [1.29, 1.82) is 0 Å². The number of hydrogen-bond acceptors (Lipinski definition) is 6. The summed E-state index contributed by atoms with van der Waals surface area (Å²) in [6, 6.07) is 0.292. The number of ether oxygens (including phenoxy) is 1. The van der Waals surface area contributed by atoms with Crippen LogP contribution in [0.5, 0.6) is 0 Å². The van der Waals surface area contributed by atoms with Crippen LogP contribution in [0.15, 0.2) is 11.5 Å². The third kappa shape index (κ3) is 2.40. The van der Waals surface area contributed by atoms with Gasteiger partial charge in [-0.25, -0.2) is 4.98 Å². The lowest BCUT2D eigenvalue weighted by molar-refractivity contribution is 0.0987. The molecule has 7 heteroatoms. The van der Waals surface area contributed by atoms with Crippen LogP contribution in [-0.2, 0) is 4.74 Å². The molecule has 0 aromatic carbocycles. The van der Waals surface area contributed by atoms with Gasteiger partial charge in [-0.3, -0.25) is 0 Å². The molecule has 4 rings (SSSR count). The van der Waals surface area contributed by atoms with Gasteiger partial charge in [0.2, 0.25) is 5.28 Å². The number of hydrogen-bond donors (Lipinski definition) is 1. The molecule has 0 unspecified atom stereocenters. The van der Waals surface area contributed by atoms with Crippen LogP contribution in [-0.4, -0.2) is 48.9 Å². The van der Waals surface area contributed by atoms with Crippen LogP contribution in [0, 0.1) is 0 Å². The largest absolute Gasteiger partial charge is 0.377 e. The smallest absolute Gasteiger partial charge is 0.224 e. The van der Waals surface area contributed by atoms with Gasteiger partial charge in [0.05, 0.1) is 29.5 Å². The summed E-state index contributed by atoms with van der Waals surface area (Å²) in [5.41, 5.74) is 3.44. The van der Waals surface area contributed by atoms with Gasteiger partial charge >= 0.3 is 0 Å². The highest BCUT2D eigenvalue weighted by molar-refractivity contribution is 7.18. The molecule has 2 aliphatic heterocycles. The first-order valence-electron chi connectivity index (χ1n) is 7.43. The molecule has 0 radical (unpaired) electrons. The van der Waals surface area contributed by atoms with Gasteiger partial charge in [-0.05, 0) is 24.1 Å². The van der Waals surface area contributed by atoms with Gasteiger partial charge in [0, 0.05) is 30.6 Å². The number of nitrogens with zero attached hydrogens (tertiary/aromatic N) is 3. The molecule has 0 amide bonds. The Hall–Kier alpha value is -1.21. The number of thiophene rings is 1. The molecule has 2 aromatic heterocycles. The van der Waals surface area contributed by atoms with Crippen molar-refractivity contribution >= 4 is 44.5 Å². The van der Waals surface area contributed by atoms with Crippen LogP contribution in [0.3, 0.4) is 0 Å². The molecule has 0 spiro atoms. The maximum absolute atomic E-state index is 6.22. The second-order valence-corrected chi connectivity index (χ2v) is 6.84. The first-order valence-corrected chi connectivity index (χ1v) is 8.69. The van der Waals surface area contributed by atoms with E-state index in [2.05, 4.69) is 38.6 Å². The number of fused-ring (bicyclic) bond motifs is 1. The number of anilines is 1. The summed E-state index contributed by atoms with van der Waals surface area (Å²) in [7, 11) is 0. The first kappa shape index (κ1) is 14.4. The third-order valence-corrected chi connectivity index (χ3v) is 5.30. The van der Waals surface area contributed by atoms with Crippen LogP contribution < -0.4 is 10.2 Å². The molecule has 1 atom stereocenters. The van der Waals surface area contributed by atoms with Crippen LogP contribution in [0.1, 0.15) is 12.5 Å². The van der Waals surface area contributed by atoms with Gasteiger partial charge in [0.1, 0.15) is 0 Å². The van der Waals surface area contributed by atoms with Crippen molar-refractivity contribution < 1.29 is 4.74 Å². The highest BCUT2D eigenvalue weighted by Gasteiger charge is 2.25. The second-order valence-electron chi connectivity index (χ2n) is 5.62. The van der Waals surface area contributed by atoms with Crippen molar-refractivity contribution in [2.75, 3.05) is 37.7 Å². The molecular formula is C15H17ClN4OS. The Balaban J connectivity index is 1.85. The van der Waals surface area contributed by atoms with E-state index in [1.807, 2.05) is 0 Å². The Morgan fingerprint density at radius 1 is 1.45 bits per heavy atom. The maximum Gasteiger partial charge on any atom is 0.224 e. The lowest BCUT2D eigenvalue weighted by atomic mass is 10.1. The molecule has 22 heavy (non-hydrogen) atoms. The molecule has 1 fully saturated rings. The van der Waals surface area contributed by atoms with Crippen molar-refractivity contribution in [3.8, 4) is 0 Å². The van der Waals surface area contributed by atoms with Crippen molar-refractivity contribution in [3.63, 3.8) is 0 Å². The van der Waals surface area contributed by atoms with E-state index in [9.17, 15) is 0 Å². The van der Waals surface area contributed by atoms with E-state index in [0.717, 1.165) is 48.9 Å². The van der Waals surface area contributed by atoms with Gasteiger partial charge in [-0.2, -0.15) is 4.98 Å². The SMILES string of the molecule is C[C@@H]1COCCN1c1nc(Cl)nc2c(C3=CCNC3)csc12. The molecule has 4 heterocycles. The van der Waals surface area contributed by atoms with Gasteiger partial charge in [-0.15, -0.1) is 11.3 Å². The molecule has 2 aromatic rings. The van der Waals surface area contributed by atoms with Crippen molar-refractivity contribution in [1.82, 2.24) is 15.3 Å². The fourth-order valence-corrected chi connectivity index (χ4v) is 4.22. The van der Waals surface area contributed by atoms with E-state index in [1.54, 1.807) is 11.3 Å². The average molecular weight is 337 g/mol. The molecule has 116 valence electrons. The summed E-state index contributed by atoms with van der Waals surface area (Å²) in [4.78, 5) is 11.3. The minimum absolute atomic E-state index is 0.292. The monoisotopic (exact) mass is 336 g/mol. The average Bonchev–Trinajstić information content (AvgIpc) is 3.15. The highest BCUT2D eigenvalue weighted by atomic mass is 35.5. The van der Waals surface area contributed by atoms with E-state index >= 15 is 0 Å². The molecule has 5 nitrogen and oxygen atoms in total. The Morgan fingerprint density at radius 2 is 2.36 bits per heavy atom. The topological polar surface area (TPSA) is 50.3 Å². The molecular weight excluding hydrogens is 320 g/mol. The second kappa shape index (κ2) is 5.77. The van der Waals surface area contributed by atoms with Gasteiger partial charge in [0.25, 0.3) is 0 Å². The van der Waals surface area contributed by atoms with E-state index < -0.39 is 0 Å². The summed E-state index contributed by atoms with van der Waals surface area (Å²) in [5.74, 6) is 0.939. The van der Waals surface area contributed by atoms with Crippen molar-refractivity contribution in [2.45, 2.75) is 13.0 Å². The van der Waals surface area contributed by atoms with E-state index in [-0.39, 0.29) is 0 Å². The van der Waals surface area contributed by atoms with E-state index in [1.165, 1.54) is 11.1 Å². The number of nitrogens with one attached hydrogen (secondary N) is 1. The molecule has 1 saturated heterocycles. The number of aromatic nitrogens is 2. The minimum Gasteiger partial charge on any atom is -0.377 e. The Kier molecular flexibility index (Phi) is 3.78. The molecule has 0 aliphatic carbocycles. The Morgan fingerprint density at radius 3 is 3.14 bits per heavy atom. The third-order valence-electron chi connectivity index (χ3n) is 4.16. The predicted molar refractivity (Wildman–Crippen MR) is 90.9 cm³/mol. The van der Waals surface area contributed by atoms with Crippen LogP contribution in [0.4, 0.5) is 5.82 Å². The van der Waals surface area contributed by atoms with Crippen molar-refractivity contribution in [3.05, 3.63) is 22.3 Å². The molecule has 0 bridgehead atoms. The summed E-state index contributed by atoms with van der Waals surface area (Å²) in [6.07, 6.45) is 2.22. The number of halogens is 1. The molecule has 2 aliphatic rings. The highest BCUT2D eigenvalue weighted by Crippen LogP contribution is 2.37. The maximum atomic E-state index is 6.22. The lowest BCUT2D eigenvalue weighted by Crippen LogP contribution is -2.44. The van der Waals surface area contributed by atoms with Crippen molar-refractivity contribution in [2.24, 2.45) is 0 Å². The Labute approximate surface area is 138 Å². The fraction of sp³-hybridized carbons (Fsp3) is 0.467. The van der Waals surface area contributed by atoms with Crippen LogP contribution >= 0.6 is 22.9 Å². The molecule has 0 saturated carbocycles. The summed E-state index contributed by atoms with van der Waals surface area (Å²) in [5, 5.41) is 5.82. The Bertz CT molecular complexity index is 744. The van der Waals surface area contributed by atoms with Crippen LogP contribution in [0.2, 0.25) is 5.28 Å². The standard InChI is InChI=1S/C15H17ClN4OS/c1-9-7-21-5-4-20(9)14-13-12(18-15(16)19-14)11(8-22-13)10-2-3-17-6-10/h2,8-9,17H,3-7H2,1H3/t9-/m1/s1. The zero-order valence-corrected chi connectivity index (χ0v) is 13.9. The fourth-order valence-electron chi connectivity index (χ4n) is 3.02. The van der Waals surface area contributed by atoms with Gasteiger partial charge in [-0.1, -0.05) is 6.08 Å². The van der Waals surface area contributed by atoms with E-state index in [0.29, 0.717) is 11.3 Å². The minimum atomic E-state index is 0.292. The summed E-state index contributed by atoms with van der Waals surface area (Å²) >= 11 is 7.91. The molecule has 1 N–H and O–H groups in total. The predicted octanol–water partition coefficient (Wildman–Crippen LogP) is 2.56. The van der Waals surface area contributed by atoms with Gasteiger partial charge < -0.3 is 15.0 Å². The van der Waals surface area contributed by atoms with E-state index in [4.69, 9.17) is 16.3 Å². The summed E-state index contributed by atoms with van der Waals surface area (Å²) in [6.45, 7) is 6.23. The zero-order chi connectivity index (χ0) is 15.1. The normalized spacial score (nSPS) is 22.4. The number of morpholine rings is 1.